The molecule has 7 atom stereocenters. The van der Waals surface area contributed by atoms with Gasteiger partial charge in [0.15, 0.2) is 10.1 Å². The Morgan fingerprint density at radius 1 is 1.29 bits per heavy atom. The van der Waals surface area contributed by atoms with E-state index in [0.29, 0.717) is 25.9 Å². The molecule has 0 amide bonds. The Balaban J connectivity index is 1.13. The number of Topliss-reactive ketones (excluding diaryl/α,β-unsaturated/α-hetero) is 1. The number of carbonyl (C=O) groups excluding carboxylic acids is 1. The van der Waals surface area contributed by atoms with Crippen LogP contribution in [-0.4, -0.2) is 54.8 Å². The van der Waals surface area contributed by atoms with Crippen LogP contribution in [0.2, 0.25) is 0 Å². The van der Waals surface area contributed by atoms with Gasteiger partial charge in [0.25, 0.3) is 0 Å². The van der Waals surface area contributed by atoms with Crippen molar-refractivity contribution in [1.82, 2.24) is 14.8 Å². The van der Waals surface area contributed by atoms with Crippen LogP contribution in [0, 0.1) is 35.2 Å². The summed E-state index contributed by atoms with van der Waals surface area (Å²) < 4.78 is 3.90. The second-order valence-corrected chi connectivity index (χ2v) is 15.3. The van der Waals surface area contributed by atoms with E-state index in [2.05, 4.69) is 34.9 Å². The van der Waals surface area contributed by atoms with E-state index in [0.717, 1.165) is 45.9 Å². The first kappa shape index (κ1) is 27.3. The Morgan fingerprint density at radius 3 is 2.93 bits per heavy atom. The number of thiazole rings is 1. The Bertz CT molecular complexity index is 1570. The highest BCUT2D eigenvalue weighted by Crippen LogP contribution is 2.67. The summed E-state index contributed by atoms with van der Waals surface area (Å²) in [7, 11) is 0. The van der Waals surface area contributed by atoms with Crippen molar-refractivity contribution in [2.45, 2.75) is 75.0 Å². The van der Waals surface area contributed by atoms with Crippen molar-refractivity contribution in [3.63, 3.8) is 0 Å². The zero-order valence-electron chi connectivity index (χ0n) is 23.5. The maximum Gasteiger partial charge on any atom is 0.234 e. The number of hydrogen-bond acceptors (Lipinski definition) is 7. The lowest BCUT2D eigenvalue weighted by atomic mass is 9.45. The first-order valence-corrected chi connectivity index (χ1v) is 16.5. The van der Waals surface area contributed by atoms with Crippen LogP contribution < -0.4 is 0 Å². The molecule has 41 heavy (non-hydrogen) atoms. The number of nitrogens with zero attached hydrogens (tertiary/aromatic N) is 4. The van der Waals surface area contributed by atoms with Crippen LogP contribution in [0.1, 0.15) is 57.2 Å². The van der Waals surface area contributed by atoms with Gasteiger partial charge in [-0.3, -0.25) is 9.48 Å². The number of aliphatic hydroxyl groups is 2. The lowest BCUT2D eigenvalue weighted by Crippen LogP contribution is -2.62. The van der Waals surface area contributed by atoms with Crippen molar-refractivity contribution in [2.75, 3.05) is 12.3 Å². The Hall–Kier alpha value is -2.51. The number of allylic oxidation sites excluding steroid dienone is 1. The summed E-state index contributed by atoms with van der Waals surface area (Å²) >= 11 is 3.00. The van der Waals surface area contributed by atoms with E-state index in [1.807, 2.05) is 35.1 Å². The molecule has 7 nitrogen and oxygen atoms in total. The van der Waals surface area contributed by atoms with Gasteiger partial charge in [-0.1, -0.05) is 43.3 Å². The number of rotatable bonds is 6. The summed E-state index contributed by atoms with van der Waals surface area (Å²) in [5, 5.41) is 28.6. The molecule has 3 saturated carbocycles. The molecule has 0 radical (unpaired) electrons. The maximum absolute atomic E-state index is 13.8. The van der Waals surface area contributed by atoms with Crippen molar-refractivity contribution >= 4 is 45.2 Å². The molecule has 3 aromatic rings. The number of hydrogen-bond donors (Lipinski definition) is 2. The fraction of sp³-hybridized carbons (Fsp3) is 0.562. The number of aromatic nitrogens is 3. The highest BCUT2D eigenvalue weighted by Gasteiger charge is 2.68. The molecule has 2 aromatic heterocycles. The SMILES string of the molecule is [C-]#[N+]CCn1ncc2c1C=C1CCC3C([C@@H](O)CC4(C)C3CC[C@]4(O)C(=O)CSc3nc4ccccc4s3)C1(C)C2. The summed E-state index contributed by atoms with van der Waals surface area (Å²) in [5.41, 5.74) is 2.33. The van der Waals surface area contributed by atoms with E-state index in [1.54, 1.807) is 11.3 Å². The zero-order valence-corrected chi connectivity index (χ0v) is 25.2. The van der Waals surface area contributed by atoms with E-state index in [4.69, 9.17) is 6.57 Å². The number of para-hydroxylation sites is 1. The molecule has 4 aliphatic rings. The highest BCUT2D eigenvalue weighted by molar-refractivity contribution is 8.01. The smallest absolute Gasteiger partial charge is 0.234 e. The van der Waals surface area contributed by atoms with Crippen molar-refractivity contribution in [2.24, 2.45) is 28.6 Å². The minimum absolute atomic E-state index is 0.0786. The van der Waals surface area contributed by atoms with Crippen LogP contribution in [0.3, 0.4) is 0 Å². The molecular formula is C32H36N4O3S2. The van der Waals surface area contributed by atoms with E-state index in [9.17, 15) is 15.0 Å². The quantitative estimate of drug-likeness (QED) is 0.285. The van der Waals surface area contributed by atoms with Crippen LogP contribution in [-0.2, 0) is 17.8 Å². The molecule has 0 saturated heterocycles. The van der Waals surface area contributed by atoms with Crippen molar-refractivity contribution in [3.05, 3.63) is 58.7 Å². The number of benzene rings is 1. The van der Waals surface area contributed by atoms with Gasteiger partial charge >= 0.3 is 0 Å². The Kier molecular flexibility index (Phi) is 6.51. The molecule has 214 valence electrons. The normalized spacial score (nSPS) is 35.6. The van der Waals surface area contributed by atoms with Gasteiger partial charge in [-0.05, 0) is 85.5 Å². The number of fused-ring (bicyclic) bond motifs is 7. The van der Waals surface area contributed by atoms with Gasteiger partial charge in [-0.2, -0.15) is 5.10 Å². The summed E-state index contributed by atoms with van der Waals surface area (Å²) in [6, 6.07) is 7.97. The third kappa shape index (κ3) is 4.01. The predicted molar refractivity (Wildman–Crippen MR) is 161 cm³/mol. The standard InChI is InChI=1S/C32H36N4O3S2/c1-30-15-19-17-34-36(13-12-33-3)24(19)14-20(30)8-9-21-22-10-11-32(39,31(22,2)16-25(37)28(21)30)27(38)18-40-29-35-23-6-4-5-7-26(23)41-29/h4-7,14,17,21-22,25,28,37,39H,8-13,15-16,18H2,1-2H3/t21?,22?,25-,28?,30?,31?,32-/m0/s1. The van der Waals surface area contributed by atoms with Gasteiger partial charge in [-0.15, -0.1) is 11.3 Å². The van der Waals surface area contributed by atoms with Crippen LogP contribution in [0.25, 0.3) is 21.1 Å². The fourth-order valence-electron chi connectivity index (χ4n) is 9.18. The van der Waals surface area contributed by atoms with Gasteiger partial charge < -0.3 is 15.1 Å². The second-order valence-electron chi connectivity index (χ2n) is 13.0. The molecule has 4 aliphatic carbocycles. The summed E-state index contributed by atoms with van der Waals surface area (Å²) in [6.45, 7) is 12.5. The Labute approximate surface area is 248 Å². The third-order valence-electron chi connectivity index (χ3n) is 11.1. The highest BCUT2D eigenvalue weighted by atomic mass is 32.2. The number of ketones is 1. The summed E-state index contributed by atoms with van der Waals surface area (Å²) in [4.78, 5) is 21.9. The second kappa shape index (κ2) is 9.77. The van der Waals surface area contributed by atoms with Crippen molar-refractivity contribution < 1.29 is 15.0 Å². The van der Waals surface area contributed by atoms with E-state index in [1.165, 1.54) is 22.9 Å². The molecule has 0 aliphatic heterocycles. The zero-order chi connectivity index (χ0) is 28.6. The van der Waals surface area contributed by atoms with Crippen LogP contribution in [0.15, 0.2) is 40.4 Å². The van der Waals surface area contributed by atoms with Crippen LogP contribution in [0.4, 0.5) is 0 Å². The average Bonchev–Trinajstić information content (AvgIpc) is 3.62. The van der Waals surface area contributed by atoms with E-state index < -0.39 is 17.1 Å². The van der Waals surface area contributed by atoms with E-state index in [-0.39, 0.29) is 34.7 Å². The fourth-order valence-corrected chi connectivity index (χ4v) is 11.2. The van der Waals surface area contributed by atoms with Gasteiger partial charge in [0, 0.05) is 5.41 Å². The van der Waals surface area contributed by atoms with Gasteiger partial charge in [-0.25, -0.2) is 11.6 Å². The molecular weight excluding hydrogens is 553 g/mol. The van der Waals surface area contributed by atoms with Crippen LogP contribution in [0.5, 0.6) is 0 Å². The molecule has 0 bridgehead atoms. The number of carbonyl (C=O) groups is 1. The lowest BCUT2D eigenvalue weighted by molar-refractivity contribution is -0.177. The molecule has 7 rings (SSSR count). The molecule has 3 fully saturated rings. The summed E-state index contributed by atoms with van der Waals surface area (Å²) in [5.74, 6) is 0.582. The van der Waals surface area contributed by atoms with Crippen molar-refractivity contribution in [3.8, 4) is 0 Å². The molecule has 9 heteroatoms. The van der Waals surface area contributed by atoms with Gasteiger partial charge in [0.05, 0.1) is 34.0 Å². The molecule has 2 heterocycles. The minimum Gasteiger partial charge on any atom is -0.393 e. The monoisotopic (exact) mass is 588 g/mol. The number of aliphatic hydroxyl groups excluding tert-OH is 1. The first-order valence-electron chi connectivity index (χ1n) is 14.7. The maximum atomic E-state index is 13.8. The van der Waals surface area contributed by atoms with Gasteiger partial charge in [0.1, 0.15) is 12.1 Å². The third-order valence-corrected chi connectivity index (χ3v) is 13.3. The van der Waals surface area contributed by atoms with Gasteiger partial charge in [0.2, 0.25) is 6.54 Å². The minimum atomic E-state index is -1.44. The lowest BCUT2D eigenvalue weighted by Gasteiger charge is -2.60. The predicted octanol–water partition coefficient (Wildman–Crippen LogP) is 5.66. The average molecular weight is 589 g/mol. The molecule has 0 spiro atoms. The Morgan fingerprint density at radius 2 is 2.12 bits per heavy atom. The van der Waals surface area contributed by atoms with Crippen molar-refractivity contribution in [1.29, 1.82) is 0 Å². The van der Waals surface area contributed by atoms with E-state index >= 15 is 0 Å². The van der Waals surface area contributed by atoms with Crippen LogP contribution >= 0.6 is 23.1 Å². The first-order chi connectivity index (χ1) is 19.7. The molecule has 1 aromatic carbocycles. The topological polar surface area (TPSA) is 92.6 Å². The molecule has 5 unspecified atom stereocenters. The number of thioether (sulfide) groups is 1. The molecule has 2 N–H and O–H groups in total. The summed E-state index contributed by atoms with van der Waals surface area (Å²) in [6.07, 6.45) is 8.07. The largest absolute Gasteiger partial charge is 0.393 e.